The van der Waals surface area contributed by atoms with Gasteiger partial charge in [0, 0.05) is 7.05 Å². The predicted octanol–water partition coefficient (Wildman–Crippen LogP) is 2.88. The molecule has 1 aliphatic rings. The van der Waals surface area contributed by atoms with E-state index in [1.807, 2.05) is 11.9 Å². The highest BCUT2D eigenvalue weighted by Gasteiger charge is 2.45. The van der Waals surface area contributed by atoms with Crippen LogP contribution in [0, 0.1) is 5.92 Å². The largest absolute Gasteiger partial charge is 0.490 e. The van der Waals surface area contributed by atoms with E-state index in [-0.39, 0.29) is 5.56 Å². The van der Waals surface area contributed by atoms with Crippen molar-refractivity contribution >= 4 is 11.7 Å². The molecule has 0 spiro atoms. The van der Waals surface area contributed by atoms with Gasteiger partial charge in [-0.15, -0.1) is 0 Å². The number of halogens is 3. The minimum absolute atomic E-state index is 0.0985. The van der Waals surface area contributed by atoms with Gasteiger partial charge in [0.05, 0.1) is 24.1 Å². The van der Waals surface area contributed by atoms with E-state index in [1.54, 1.807) is 6.07 Å². The number of benzene rings is 1. The summed E-state index contributed by atoms with van der Waals surface area (Å²) in [7, 11) is 1.84. The molecule has 116 valence electrons. The van der Waals surface area contributed by atoms with Crippen LogP contribution in [0.1, 0.15) is 18.4 Å². The first-order valence-electron chi connectivity index (χ1n) is 6.49. The molecule has 0 aliphatic carbocycles. The fourth-order valence-electron chi connectivity index (χ4n) is 2.40. The summed E-state index contributed by atoms with van der Waals surface area (Å²) in [6.07, 6.45) is -4.57. The average molecular weight is 303 g/mol. The molecule has 1 aliphatic heterocycles. The first-order valence-corrected chi connectivity index (χ1v) is 6.49. The van der Waals surface area contributed by atoms with E-state index in [0.717, 1.165) is 12.6 Å². The Kier molecular flexibility index (Phi) is 4.02. The summed E-state index contributed by atoms with van der Waals surface area (Å²) in [5.41, 5.74) is 0.843. The number of alkyl halides is 3. The summed E-state index contributed by atoms with van der Waals surface area (Å²) in [5.74, 6) is -4.70. The summed E-state index contributed by atoms with van der Waals surface area (Å²) in [5, 5.41) is 9.17. The third-order valence-corrected chi connectivity index (χ3v) is 3.72. The maximum atomic E-state index is 12.8. The number of likely N-dealkylation sites (N-methyl/N-ethyl adjacent to an activating group) is 1. The Bertz CT molecular complexity index is 545. The van der Waals surface area contributed by atoms with Crippen LogP contribution >= 0.6 is 0 Å². The Balaban J connectivity index is 2.40. The van der Waals surface area contributed by atoms with Gasteiger partial charge < -0.3 is 14.7 Å². The van der Waals surface area contributed by atoms with E-state index >= 15 is 0 Å². The Morgan fingerprint density at radius 1 is 1.43 bits per heavy atom. The SMILES string of the molecule is C[C@H](C(C(=O)O)c1ccc2c(c1)OCCN2C)C(F)(F)F. The normalized spacial score (nSPS) is 17.7. The van der Waals surface area contributed by atoms with Gasteiger partial charge in [0.1, 0.15) is 12.4 Å². The van der Waals surface area contributed by atoms with E-state index in [1.165, 1.54) is 12.1 Å². The molecule has 0 saturated heterocycles. The third kappa shape index (κ3) is 3.06. The zero-order valence-corrected chi connectivity index (χ0v) is 11.6. The van der Waals surface area contributed by atoms with Crippen LogP contribution in [0.25, 0.3) is 0 Å². The number of rotatable bonds is 3. The lowest BCUT2D eigenvalue weighted by molar-refractivity contribution is -0.183. The smallest absolute Gasteiger partial charge is 0.392 e. The number of carbonyl (C=O) groups is 1. The Hall–Kier alpha value is -1.92. The molecule has 1 aromatic carbocycles. The summed E-state index contributed by atoms with van der Waals surface area (Å²) in [6.45, 7) is 1.97. The lowest BCUT2D eigenvalue weighted by Crippen LogP contribution is -2.32. The maximum Gasteiger partial charge on any atom is 0.392 e. The lowest BCUT2D eigenvalue weighted by Gasteiger charge is -2.29. The van der Waals surface area contributed by atoms with E-state index in [0.29, 0.717) is 18.9 Å². The highest BCUT2D eigenvalue weighted by atomic mass is 19.4. The van der Waals surface area contributed by atoms with Gasteiger partial charge in [-0.05, 0) is 17.7 Å². The molecular weight excluding hydrogens is 287 g/mol. The van der Waals surface area contributed by atoms with Crippen molar-refractivity contribution in [3.63, 3.8) is 0 Å². The molecule has 0 aromatic heterocycles. The van der Waals surface area contributed by atoms with Crippen molar-refractivity contribution < 1.29 is 27.8 Å². The minimum Gasteiger partial charge on any atom is -0.490 e. The molecule has 4 nitrogen and oxygen atoms in total. The van der Waals surface area contributed by atoms with Crippen LogP contribution in [0.4, 0.5) is 18.9 Å². The van der Waals surface area contributed by atoms with E-state index in [9.17, 15) is 18.0 Å². The van der Waals surface area contributed by atoms with Crippen molar-refractivity contribution in [2.45, 2.75) is 19.0 Å². The number of aliphatic carboxylic acids is 1. The molecule has 0 saturated carbocycles. The molecular formula is C14H16F3NO3. The zero-order valence-electron chi connectivity index (χ0n) is 11.6. The van der Waals surface area contributed by atoms with E-state index in [2.05, 4.69) is 0 Å². The standard InChI is InChI=1S/C14H16F3NO3/c1-8(14(15,16)17)12(13(19)20)9-3-4-10-11(7-9)21-6-5-18(10)2/h3-4,7-8,12H,5-6H2,1-2H3,(H,19,20)/t8-,12?/m1/s1. The van der Waals surface area contributed by atoms with Gasteiger partial charge >= 0.3 is 12.1 Å². The van der Waals surface area contributed by atoms with Crippen molar-refractivity contribution in [3.8, 4) is 5.75 Å². The Morgan fingerprint density at radius 2 is 2.10 bits per heavy atom. The molecule has 0 fully saturated rings. The molecule has 2 atom stereocenters. The summed E-state index contributed by atoms with van der Waals surface area (Å²) < 4.78 is 43.9. The number of fused-ring (bicyclic) bond motifs is 1. The highest BCUT2D eigenvalue weighted by Crippen LogP contribution is 2.40. The maximum absolute atomic E-state index is 12.8. The molecule has 1 unspecified atom stereocenters. The number of nitrogens with zero attached hydrogens (tertiary/aromatic N) is 1. The quantitative estimate of drug-likeness (QED) is 0.933. The van der Waals surface area contributed by atoms with Crippen molar-refractivity contribution in [3.05, 3.63) is 23.8 Å². The van der Waals surface area contributed by atoms with Crippen molar-refractivity contribution in [2.75, 3.05) is 25.1 Å². The molecule has 21 heavy (non-hydrogen) atoms. The van der Waals surface area contributed by atoms with Gasteiger partial charge in [-0.25, -0.2) is 0 Å². The number of anilines is 1. The second kappa shape index (κ2) is 5.46. The predicted molar refractivity (Wildman–Crippen MR) is 70.8 cm³/mol. The van der Waals surface area contributed by atoms with Gasteiger partial charge in [0.15, 0.2) is 0 Å². The summed E-state index contributed by atoms with van der Waals surface area (Å²) in [4.78, 5) is 13.2. The van der Waals surface area contributed by atoms with Crippen LogP contribution < -0.4 is 9.64 Å². The molecule has 1 aromatic rings. The average Bonchev–Trinajstić information content (AvgIpc) is 2.37. The van der Waals surface area contributed by atoms with Crippen molar-refractivity contribution in [1.29, 1.82) is 0 Å². The first kappa shape index (κ1) is 15.5. The lowest BCUT2D eigenvalue weighted by atomic mass is 9.86. The topological polar surface area (TPSA) is 49.8 Å². The summed E-state index contributed by atoms with van der Waals surface area (Å²) >= 11 is 0. The number of hydrogen-bond donors (Lipinski definition) is 1. The van der Waals surface area contributed by atoms with Crippen molar-refractivity contribution in [2.24, 2.45) is 5.92 Å². The fraction of sp³-hybridized carbons (Fsp3) is 0.500. The minimum atomic E-state index is -4.57. The molecule has 1 N–H and O–H groups in total. The van der Waals surface area contributed by atoms with Gasteiger partial charge in [-0.1, -0.05) is 13.0 Å². The zero-order chi connectivity index (χ0) is 15.8. The second-order valence-electron chi connectivity index (χ2n) is 5.14. The molecule has 0 bridgehead atoms. The monoisotopic (exact) mass is 303 g/mol. The fourth-order valence-corrected chi connectivity index (χ4v) is 2.40. The van der Waals surface area contributed by atoms with Gasteiger partial charge in [0.2, 0.25) is 0 Å². The molecule has 0 amide bonds. The van der Waals surface area contributed by atoms with Gasteiger partial charge in [0.25, 0.3) is 0 Å². The second-order valence-corrected chi connectivity index (χ2v) is 5.14. The van der Waals surface area contributed by atoms with Crippen LogP contribution in [0.5, 0.6) is 5.75 Å². The van der Waals surface area contributed by atoms with Crippen LogP contribution in [-0.2, 0) is 4.79 Å². The number of carboxylic acid groups (broad SMARTS) is 1. The molecule has 1 heterocycles. The van der Waals surface area contributed by atoms with E-state index in [4.69, 9.17) is 9.84 Å². The third-order valence-electron chi connectivity index (χ3n) is 3.72. The summed E-state index contributed by atoms with van der Waals surface area (Å²) in [6, 6.07) is 4.42. The molecule has 7 heteroatoms. The van der Waals surface area contributed by atoms with Gasteiger partial charge in [-0.2, -0.15) is 13.2 Å². The van der Waals surface area contributed by atoms with Crippen molar-refractivity contribution in [1.82, 2.24) is 0 Å². The van der Waals surface area contributed by atoms with Crippen LogP contribution in [0.15, 0.2) is 18.2 Å². The number of ether oxygens (including phenoxy) is 1. The van der Waals surface area contributed by atoms with Gasteiger partial charge in [-0.3, -0.25) is 4.79 Å². The Labute approximate surface area is 120 Å². The molecule has 2 rings (SSSR count). The first-order chi connectivity index (χ1) is 9.71. The Morgan fingerprint density at radius 3 is 2.67 bits per heavy atom. The van der Waals surface area contributed by atoms with E-state index < -0.39 is 24.0 Å². The molecule has 0 radical (unpaired) electrons. The number of carboxylic acids is 1. The van der Waals surface area contributed by atoms with Crippen LogP contribution in [-0.4, -0.2) is 37.5 Å². The number of hydrogen-bond acceptors (Lipinski definition) is 3. The van der Waals surface area contributed by atoms with Crippen LogP contribution in [0.3, 0.4) is 0 Å². The van der Waals surface area contributed by atoms with Crippen LogP contribution in [0.2, 0.25) is 0 Å². The highest BCUT2D eigenvalue weighted by molar-refractivity contribution is 5.77.